The summed E-state index contributed by atoms with van der Waals surface area (Å²) in [7, 11) is 1.75. The molecule has 3 rings (SSSR count). The van der Waals surface area contributed by atoms with Crippen LogP contribution in [0.15, 0.2) is 16.9 Å². The van der Waals surface area contributed by atoms with Crippen molar-refractivity contribution in [3.63, 3.8) is 0 Å². The Morgan fingerprint density at radius 1 is 1.32 bits per heavy atom. The average Bonchev–Trinajstić information content (AvgIpc) is 2.40. The van der Waals surface area contributed by atoms with E-state index in [-0.39, 0.29) is 18.0 Å². The van der Waals surface area contributed by atoms with Crippen LogP contribution in [0.25, 0.3) is 10.8 Å². The van der Waals surface area contributed by atoms with Gasteiger partial charge < -0.3 is 15.0 Å². The van der Waals surface area contributed by atoms with Crippen molar-refractivity contribution < 1.29 is 13.5 Å². The second kappa shape index (κ2) is 4.40. The number of rotatable bonds is 1. The number of fused-ring (bicyclic) bond motifs is 3. The van der Waals surface area contributed by atoms with Gasteiger partial charge in [0, 0.05) is 11.3 Å². The topological polar surface area (TPSA) is 54.1 Å². The minimum Gasteiger partial charge on any atom is -0.373 e. The Morgan fingerprint density at radius 2 is 2.00 bits per heavy atom. The van der Waals surface area contributed by atoms with Crippen molar-refractivity contribution in [1.82, 2.24) is 10.3 Å². The zero-order chi connectivity index (χ0) is 13.6. The molecule has 0 radical (unpaired) electrons. The number of aromatic nitrogens is 1. The van der Waals surface area contributed by atoms with Crippen molar-refractivity contribution in [3.05, 3.63) is 45.4 Å². The van der Waals surface area contributed by atoms with Crippen molar-refractivity contribution in [2.45, 2.75) is 12.6 Å². The summed E-state index contributed by atoms with van der Waals surface area (Å²) in [6.07, 6.45) is 0. The van der Waals surface area contributed by atoms with E-state index in [0.29, 0.717) is 17.7 Å². The van der Waals surface area contributed by atoms with Gasteiger partial charge in [-0.1, -0.05) is 0 Å². The first-order valence-corrected chi connectivity index (χ1v) is 5.90. The van der Waals surface area contributed by atoms with E-state index in [1.165, 1.54) is 0 Å². The molecular weight excluding hydrogens is 254 g/mol. The van der Waals surface area contributed by atoms with E-state index in [2.05, 4.69) is 10.3 Å². The molecule has 1 aliphatic rings. The summed E-state index contributed by atoms with van der Waals surface area (Å²) in [4.78, 5) is 14.6. The smallest absolute Gasteiger partial charge is 0.256 e. The molecule has 1 atom stereocenters. The third kappa shape index (κ3) is 1.84. The van der Waals surface area contributed by atoms with Crippen molar-refractivity contribution in [3.8, 4) is 0 Å². The van der Waals surface area contributed by atoms with Crippen LogP contribution in [0.5, 0.6) is 0 Å². The summed E-state index contributed by atoms with van der Waals surface area (Å²) in [5, 5.41) is 3.63. The highest BCUT2D eigenvalue weighted by atomic mass is 19.2. The maximum absolute atomic E-state index is 13.4. The fourth-order valence-electron chi connectivity index (χ4n) is 2.49. The molecule has 0 bridgehead atoms. The van der Waals surface area contributed by atoms with Gasteiger partial charge in [0.25, 0.3) is 5.56 Å². The number of nitrogens with one attached hydrogen (secondary N) is 2. The van der Waals surface area contributed by atoms with Crippen LogP contribution in [-0.2, 0) is 11.3 Å². The average molecular weight is 266 g/mol. The van der Waals surface area contributed by atoms with Crippen LogP contribution in [0.3, 0.4) is 0 Å². The monoisotopic (exact) mass is 266 g/mol. The lowest BCUT2D eigenvalue weighted by Crippen LogP contribution is -2.30. The van der Waals surface area contributed by atoms with Gasteiger partial charge >= 0.3 is 0 Å². The third-order valence-electron chi connectivity index (χ3n) is 3.41. The number of benzene rings is 1. The summed E-state index contributed by atoms with van der Waals surface area (Å²) in [5.74, 6) is -1.98. The SMILES string of the molecule is CN[C@H]1COCc2[nH]c(=O)c3cc(F)c(F)cc3c21. The molecule has 1 aromatic heterocycles. The Labute approximate surface area is 107 Å². The summed E-state index contributed by atoms with van der Waals surface area (Å²) >= 11 is 0. The van der Waals surface area contributed by atoms with Gasteiger partial charge in [-0.2, -0.15) is 0 Å². The number of likely N-dealkylation sites (N-methyl/N-ethyl adjacent to an activating group) is 1. The molecule has 1 aliphatic heterocycles. The van der Waals surface area contributed by atoms with E-state index in [9.17, 15) is 13.6 Å². The number of H-pyrrole nitrogens is 1. The molecular formula is C13H12F2N2O2. The van der Waals surface area contributed by atoms with E-state index in [0.717, 1.165) is 17.7 Å². The van der Waals surface area contributed by atoms with Crippen LogP contribution in [0, 0.1) is 11.6 Å². The molecule has 4 nitrogen and oxygen atoms in total. The minimum absolute atomic E-state index is 0.153. The Morgan fingerprint density at radius 3 is 2.68 bits per heavy atom. The molecule has 2 aromatic rings. The van der Waals surface area contributed by atoms with Gasteiger partial charge in [0.05, 0.1) is 24.6 Å². The quantitative estimate of drug-likeness (QED) is 0.824. The van der Waals surface area contributed by atoms with Gasteiger partial charge in [-0.05, 0) is 24.6 Å². The summed E-state index contributed by atoms with van der Waals surface area (Å²) in [6.45, 7) is 0.682. The van der Waals surface area contributed by atoms with Crippen LogP contribution in [0.4, 0.5) is 8.78 Å². The molecule has 2 heterocycles. The lowest BCUT2D eigenvalue weighted by molar-refractivity contribution is 0.0819. The van der Waals surface area contributed by atoms with Gasteiger partial charge in [-0.3, -0.25) is 4.79 Å². The molecule has 0 saturated carbocycles. The molecule has 6 heteroatoms. The van der Waals surface area contributed by atoms with Crippen LogP contribution in [0.1, 0.15) is 17.3 Å². The first-order valence-electron chi connectivity index (χ1n) is 5.90. The molecule has 19 heavy (non-hydrogen) atoms. The Hall–Kier alpha value is -1.79. The summed E-state index contributed by atoms with van der Waals surface area (Å²) in [5.41, 5.74) is 0.935. The van der Waals surface area contributed by atoms with Crippen molar-refractivity contribution >= 4 is 10.8 Å². The number of ether oxygens (including phenoxy) is 1. The maximum atomic E-state index is 13.4. The van der Waals surface area contributed by atoms with Crippen molar-refractivity contribution in [1.29, 1.82) is 0 Å². The largest absolute Gasteiger partial charge is 0.373 e. The zero-order valence-corrected chi connectivity index (χ0v) is 10.2. The molecule has 2 N–H and O–H groups in total. The lowest BCUT2D eigenvalue weighted by atomic mass is 9.96. The van der Waals surface area contributed by atoms with E-state index in [1.807, 2.05) is 0 Å². The Bertz CT molecular complexity index is 712. The fourth-order valence-corrected chi connectivity index (χ4v) is 2.49. The van der Waals surface area contributed by atoms with Crippen LogP contribution < -0.4 is 10.9 Å². The number of hydrogen-bond acceptors (Lipinski definition) is 3. The normalized spacial score (nSPS) is 18.6. The molecule has 0 spiro atoms. The van der Waals surface area contributed by atoms with E-state index in [1.54, 1.807) is 7.05 Å². The van der Waals surface area contributed by atoms with E-state index < -0.39 is 17.2 Å². The highest BCUT2D eigenvalue weighted by molar-refractivity contribution is 5.86. The minimum atomic E-state index is -1.02. The van der Waals surface area contributed by atoms with Crippen LogP contribution in [-0.4, -0.2) is 18.6 Å². The third-order valence-corrected chi connectivity index (χ3v) is 3.41. The van der Waals surface area contributed by atoms with Gasteiger partial charge in [0.1, 0.15) is 0 Å². The molecule has 0 saturated heterocycles. The molecule has 1 aromatic carbocycles. The summed E-state index contributed by atoms with van der Waals surface area (Å²) in [6, 6.07) is 1.85. The number of aromatic amines is 1. The highest BCUT2D eigenvalue weighted by Gasteiger charge is 2.24. The maximum Gasteiger partial charge on any atom is 0.256 e. The van der Waals surface area contributed by atoms with E-state index >= 15 is 0 Å². The Kier molecular flexibility index (Phi) is 2.83. The fraction of sp³-hybridized carbons (Fsp3) is 0.308. The van der Waals surface area contributed by atoms with Gasteiger partial charge in [0.2, 0.25) is 0 Å². The van der Waals surface area contributed by atoms with Crippen molar-refractivity contribution in [2.24, 2.45) is 0 Å². The number of hydrogen-bond donors (Lipinski definition) is 2. The second-order valence-electron chi connectivity index (χ2n) is 4.51. The number of pyridine rings is 1. The van der Waals surface area contributed by atoms with Crippen LogP contribution in [0.2, 0.25) is 0 Å². The summed E-state index contributed by atoms with van der Waals surface area (Å²) < 4.78 is 32.1. The Balaban J connectivity index is 2.42. The predicted octanol–water partition coefficient (Wildman–Crippen LogP) is 1.60. The standard InChI is InChI=1S/C13H12F2N2O2/c1-16-10-4-19-5-11-12(10)6-2-8(14)9(15)3-7(6)13(18)17-11/h2-3,10,16H,4-5H2,1H3,(H,17,18)/t10-/m0/s1. The van der Waals surface area contributed by atoms with E-state index in [4.69, 9.17) is 4.74 Å². The first-order chi connectivity index (χ1) is 9.11. The van der Waals surface area contributed by atoms with Gasteiger partial charge in [0.15, 0.2) is 11.6 Å². The van der Waals surface area contributed by atoms with Crippen LogP contribution >= 0.6 is 0 Å². The molecule has 0 amide bonds. The first kappa shape index (κ1) is 12.3. The lowest BCUT2D eigenvalue weighted by Gasteiger charge is -2.26. The molecule has 0 unspecified atom stereocenters. The molecule has 0 fully saturated rings. The molecule has 100 valence electrons. The zero-order valence-electron chi connectivity index (χ0n) is 10.2. The second-order valence-corrected chi connectivity index (χ2v) is 4.51. The number of halogens is 2. The van der Waals surface area contributed by atoms with Gasteiger partial charge in [-0.25, -0.2) is 8.78 Å². The van der Waals surface area contributed by atoms with Gasteiger partial charge in [-0.15, -0.1) is 0 Å². The predicted molar refractivity (Wildman–Crippen MR) is 65.9 cm³/mol. The molecule has 0 aliphatic carbocycles. The van der Waals surface area contributed by atoms with Crippen molar-refractivity contribution in [2.75, 3.05) is 13.7 Å². The highest BCUT2D eigenvalue weighted by Crippen LogP contribution is 2.30.